The van der Waals surface area contributed by atoms with Crippen molar-refractivity contribution in [2.45, 2.75) is 64.1 Å². The zero-order valence-electron chi connectivity index (χ0n) is 16.9. The Kier molecular flexibility index (Phi) is 5.81. The molecule has 0 spiro atoms. The minimum atomic E-state index is -0.339. The molecule has 2 saturated carbocycles. The highest BCUT2D eigenvalue weighted by Crippen LogP contribution is 2.47. The molecule has 2 aliphatic carbocycles. The van der Waals surface area contributed by atoms with Gasteiger partial charge in [0.05, 0.1) is 19.0 Å². The van der Waals surface area contributed by atoms with Gasteiger partial charge in [-0.1, -0.05) is 35.0 Å². The minimum absolute atomic E-state index is 0.0481. The van der Waals surface area contributed by atoms with Crippen LogP contribution < -0.4 is 5.32 Å². The van der Waals surface area contributed by atoms with E-state index in [1.807, 2.05) is 35.2 Å². The lowest BCUT2D eigenvalue weighted by Crippen LogP contribution is -2.36. The van der Waals surface area contributed by atoms with Gasteiger partial charge < -0.3 is 14.6 Å². The topological polar surface area (TPSA) is 62.6 Å². The molecular formula is C23H27BrN2O3. The van der Waals surface area contributed by atoms with Gasteiger partial charge in [0.15, 0.2) is 0 Å². The molecule has 0 aliphatic heterocycles. The van der Waals surface area contributed by atoms with Crippen LogP contribution in [0, 0.1) is 5.92 Å². The van der Waals surface area contributed by atoms with Crippen molar-refractivity contribution < 1.29 is 14.0 Å². The van der Waals surface area contributed by atoms with Crippen LogP contribution in [0.1, 0.15) is 68.6 Å². The quantitative estimate of drug-likeness (QED) is 0.610. The molecule has 29 heavy (non-hydrogen) atoms. The number of rotatable bonds is 8. The van der Waals surface area contributed by atoms with Crippen LogP contribution in [0.2, 0.25) is 0 Å². The summed E-state index contributed by atoms with van der Waals surface area (Å²) in [7, 11) is 0. The highest BCUT2D eigenvalue weighted by atomic mass is 79.9. The Morgan fingerprint density at radius 2 is 1.90 bits per heavy atom. The van der Waals surface area contributed by atoms with Gasteiger partial charge in [-0.25, -0.2) is 0 Å². The molecule has 6 heteroatoms. The first kappa shape index (κ1) is 20.2. The van der Waals surface area contributed by atoms with Crippen molar-refractivity contribution in [1.82, 2.24) is 10.2 Å². The number of amides is 2. The highest BCUT2D eigenvalue weighted by molar-refractivity contribution is 9.10. The zero-order chi connectivity index (χ0) is 20.5. The summed E-state index contributed by atoms with van der Waals surface area (Å²) in [6, 6.07) is 11.7. The molecule has 1 aromatic heterocycles. The molecule has 1 aromatic carbocycles. The van der Waals surface area contributed by atoms with Crippen LogP contribution in [0.5, 0.6) is 0 Å². The number of carbonyl (C=O) groups excluding carboxylic acids is 2. The predicted molar refractivity (Wildman–Crippen MR) is 114 cm³/mol. The third-order valence-electron chi connectivity index (χ3n) is 5.82. The van der Waals surface area contributed by atoms with Crippen LogP contribution >= 0.6 is 15.9 Å². The fourth-order valence-electron chi connectivity index (χ4n) is 3.86. The van der Waals surface area contributed by atoms with E-state index in [0.29, 0.717) is 18.4 Å². The minimum Gasteiger partial charge on any atom is -0.464 e. The van der Waals surface area contributed by atoms with E-state index in [-0.39, 0.29) is 30.3 Å². The molecule has 3 unspecified atom stereocenters. The molecule has 1 N–H and O–H groups in total. The summed E-state index contributed by atoms with van der Waals surface area (Å²) in [5, 5.41) is 2.93. The van der Waals surface area contributed by atoms with Crippen LogP contribution in [0.25, 0.3) is 0 Å². The van der Waals surface area contributed by atoms with Gasteiger partial charge >= 0.3 is 0 Å². The standard InChI is InChI=1S/C23H27BrN2O3/c1-14-11-20(14)22-10-9-19(29-22)13-26(18-7-8-18)23(28)12-21(25-15(2)27)16-3-5-17(24)6-4-16/h3-6,9-10,14,18,20-21H,7-8,11-13H2,1-2H3,(H,25,27). The molecule has 0 radical (unpaired) electrons. The predicted octanol–water partition coefficient (Wildman–Crippen LogP) is 4.92. The molecule has 2 amide bonds. The van der Waals surface area contributed by atoms with Crippen molar-refractivity contribution in [3.8, 4) is 0 Å². The van der Waals surface area contributed by atoms with Crippen molar-refractivity contribution in [2.24, 2.45) is 5.92 Å². The summed E-state index contributed by atoms with van der Waals surface area (Å²) in [4.78, 5) is 26.8. The first-order valence-corrected chi connectivity index (χ1v) is 11.1. The normalized spacial score (nSPS) is 21.5. The molecule has 2 aliphatic rings. The van der Waals surface area contributed by atoms with Crippen molar-refractivity contribution >= 4 is 27.7 Å². The number of hydrogen-bond acceptors (Lipinski definition) is 3. The van der Waals surface area contributed by atoms with Gasteiger partial charge in [0.25, 0.3) is 0 Å². The molecule has 2 aromatic rings. The SMILES string of the molecule is CC(=O)NC(CC(=O)N(Cc1ccc(C2CC2C)o1)C1CC1)c1ccc(Br)cc1. The lowest BCUT2D eigenvalue weighted by atomic mass is 10.0. The number of carbonyl (C=O) groups is 2. The van der Waals surface area contributed by atoms with E-state index in [1.165, 1.54) is 13.3 Å². The highest BCUT2D eigenvalue weighted by Gasteiger charge is 2.38. The fraction of sp³-hybridized carbons (Fsp3) is 0.478. The molecule has 154 valence electrons. The van der Waals surface area contributed by atoms with E-state index in [0.717, 1.165) is 34.4 Å². The second-order valence-electron chi connectivity index (χ2n) is 8.39. The van der Waals surface area contributed by atoms with E-state index in [4.69, 9.17) is 4.42 Å². The molecule has 4 rings (SSSR count). The Bertz CT molecular complexity index is 888. The fourth-order valence-corrected chi connectivity index (χ4v) is 4.12. The summed E-state index contributed by atoms with van der Waals surface area (Å²) >= 11 is 3.43. The molecule has 5 nitrogen and oxygen atoms in total. The Morgan fingerprint density at radius 1 is 1.21 bits per heavy atom. The molecule has 2 fully saturated rings. The molecule has 1 heterocycles. The van der Waals surface area contributed by atoms with Gasteiger partial charge in [-0.15, -0.1) is 0 Å². The molecule has 0 saturated heterocycles. The van der Waals surface area contributed by atoms with Crippen molar-refractivity contribution in [1.29, 1.82) is 0 Å². The average molecular weight is 459 g/mol. The van der Waals surface area contributed by atoms with E-state index >= 15 is 0 Å². The first-order chi connectivity index (χ1) is 13.9. The Morgan fingerprint density at radius 3 is 2.48 bits per heavy atom. The van der Waals surface area contributed by atoms with E-state index in [9.17, 15) is 9.59 Å². The number of nitrogens with one attached hydrogen (secondary N) is 1. The van der Waals surface area contributed by atoms with E-state index in [2.05, 4.69) is 34.2 Å². The molecule has 0 bridgehead atoms. The number of hydrogen-bond donors (Lipinski definition) is 1. The average Bonchev–Trinajstić information content (AvgIpc) is 3.59. The summed E-state index contributed by atoms with van der Waals surface area (Å²) in [6.45, 7) is 4.22. The Hall–Kier alpha value is -2.08. The third-order valence-corrected chi connectivity index (χ3v) is 6.35. The maximum atomic E-state index is 13.2. The lowest BCUT2D eigenvalue weighted by molar-refractivity contribution is -0.133. The molecule has 3 atom stereocenters. The third kappa shape index (κ3) is 5.10. The van der Waals surface area contributed by atoms with Gasteiger partial charge in [0.2, 0.25) is 11.8 Å². The van der Waals surface area contributed by atoms with Crippen molar-refractivity contribution in [3.05, 3.63) is 58.0 Å². The lowest BCUT2D eigenvalue weighted by Gasteiger charge is -2.25. The summed E-state index contributed by atoms with van der Waals surface area (Å²) in [5.74, 6) is 3.03. The maximum Gasteiger partial charge on any atom is 0.225 e. The second kappa shape index (κ2) is 8.34. The van der Waals surface area contributed by atoms with Crippen LogP contribution in [0.3, 0.4) is 0 Å². The number of benzene rings is 1. The summed E-state index contributed by atoms with van der Waals surface area (Å²) in [6.07, 6.45) is 3.48. The van der Waals surface area contributed by atoms with Gasteiger partial charge in [0, 0.05) is 23.4 Å². The van der Waals surface area contributed by atoms with Gasteiger partial charge in [-0.05, 0) is 55.0 Å². The van der Waals surface area contributed by atoms with Crippen LogP contribution in [0.15, 0.2) is 45.3 Å². The largest absolute Gasteiger partial charge is 0.464 e. The van der Waals surface area contributed by atoms with Gasteiger partial charge in [-0.2, -0.15) is 0 Å². The smallest absolute Gasteiger partial charge is 0.225 e. The maximum absolute atomic E-state index is 13.2. The van der Waals surface area contributed by atoms with Gasteiger partial charge in [0.1, 0.15) is 11.5 Å². The van der Waals surface area contributed by atoms with Crippen LogP contribution in [0.4, 0.5) is 0 Å². The van der Waals surface area contributed by atoms with Crippen LogP contribution in [-0.4, -0.2) is 22.8 Å². The Balaban J connectivity index is 1.46. The number of furan rings is 1. The molecular weight excluding hydrogens is 432 g/mol. The Labute approximate surface area is 180 Å². The second-order valence-corrected chi connectivity index (χ2v) is 9.30. The van der Waals surface area contributed by atoms with Crippen molar-refractivity contribution in [3.63, 3.8) is 0 Å². The van der Waals surface area contributed by atoms with Crippen LogP contribution in [-0.2, 0) is 16.1 Å². The van der Waals surface area contributed by atoms with Crippen molar-refractivity contribution in [2.75, 3.05) is 0 Å². The number of nitrogens with zero attached hydrogens (tertiary/aromatic N) is 1. The van der Waals surface area contributed by atoms with E-state index in [1.54, 1.807) is 0 Å². The van der Waals surface area contributed by atoms with Gasteiger partial charge in [-0.3, -0.25) is 9.59 Å². The zero-order valence-corrected chi connectivity index (χ0v) is 18.4. The summed E-state index contributed by atoms with van der Waals surface area (Å²) < 4.78 is 7.00. The first-order valence-electron chi connectivity index (χ1n) is 10.3. The number of halogens is 1. The summed E-state index contributed by atoms with van der Waals surface area (Å²) in [5.41, 5.74) is 0.926. The monoisotopic (exact) mass is 458 g/mol. The van der Waals surface area contributed by atoms with E-state index < -0.39 is 0 Å².